The fourth-order valence-corrected chi connectivity index (χ4v) is 2.92. The van der Waals surface area contributed by atoms with Crippen molar-refractivity contribution in [3.8, 4) is 0 Å². The average molecular weight is 300 g/mol. The van der Waals surface area contributed by atoms with E-state index in [1.54, 1.807) is 0 Å². The number of halogens is 1. The van der Waals surface area contributed by atoms with Crippen molar-refractivity contribution in [1.82, 2.24) is 15.1 Å². The van der Waals surface area contributed by atoms with Crippen LogP contribution in [0.3, 0.4) is 0 Å². The van der Waals surface area contributed by atoms with Crippen molar-refractivity contribution in [2.75, 3.05) is 6.54 Å². The predicted octanol–water partition coefficient (Wildman–Crippen LogP) is 3.98. The van der Waals surface area contributed by atoms with Gasteiger partial charge in [0, 0.05) is 13.1 Å². The molecule has 0 aromatic carbocycles. The van der Waals surface area contributed by atoms with Gasteiger partial charge < -0.3 is 5.32 Å². The monoisotopic (exact) mass is 299 g/mol. The normalized spacial score (nSPS) is 13.8. The fourth-order valence-electron chi connectivity index (χ4n) is 2.53. The van der Waals surface area contributed by atoms with Crippen LogP contribution in [-0.2, 0) is 19.9 Å². The van der Waals surface area contributed by atoms with E-state index in [9.17, 15) is 0 Å². The van der Waals surface area contributed by atoms with Crippen LogP contribution in [0.4, 0.5) is 0 Å². The van der Waals surface area contributed by atoms with Gasteiger partial charge in [0.2, 0.25) is 0 Å². The van der Waals surface area contributed by atoms with Crippen LogP contribution in [0.5, 0.6) is 0 Å². The van der Waals surface area contributed by atoms with Gasteiger partial charge in [-0.1, -0.05) is 46.2 Å². The second kappa shape index (κ2) is 7.46. The maximum Gasteiger partial charge on any atom is 0.0849 e. The Hall–Kier alpha value is -0.540. The number of nitrogens with zero attached hydrogens (tertiary/aromatic N) is 2. The summed E-state index contributed by atoms with van der Waals surface area (Å²) in [6, 6.07) is 0.499. The van der Waals surface area contributed by atoms with Gasteiger partial charge in [0.25, 0.3) is 0 Å². The van der Waals surface area contributed by atoms with Crippen molar-refractivity contribution in [2.45, 2.75) is 66.3 Å². The van der Waals surface area contributed by atoms with Gasteiger partial charge in [-0.05, 0) is 37.6 Å². The molecule has 20 heavy (non-hydrogen) atoms. The molecule has 4 heteroatoms. The zero-order chi connectivity index (χ0) is 15.3. The first-order chi connectivity index (χ1) is 9.31. The molecule has 0 fully saturated rings. The third kappa shape index (κ3) is 4.49. The Balaban J connectivity index is 2.74. The van der Waals surface area contributed by atoms with Crippen LogP contribution in [0.1, 0.15) is 58.8 Å². The second-order valence-corrected chi connectivity index (χ2v) is 6.97. The molecule has 1 atom stereocenters. The third-order valence-electron chi connectivity index (χ3n) is 3.86. The maximum absolute atomic E-state index is 6.43. The number of aryl methyl sites for hydroxylation is 2. The first kappa shape index (κ1) is 17.5. The molecule has 116 valence electrons. The van der Waals surface area contributed by atoms with E-state index >= 15 is 0 Å². The molecule has 0 aliphatic rings. The number of rotatable bonds is 7. The van der Waals surface area contributed by atoms with E-state index in [0.717, 1.165) is 42.2 Å². The standard InChI is InChI=1S/C16H30ClN3/c1-7-11-18-14(16(3,4)5)10-9-13-15(17)12(8-2)19-20(13)6/h14,18H,7-11H2,1-6H3. The van der Waals surface area contributed by atoms with Crippen LogP contribution in [0.25, 0.3) is 0 Å². The summed E-state index contributed by atoms with van der Waals surface area (Å²) >= 11 is 6.43. The van der Waals surface area contributed by atoms with Crippen LogP contribution in [-0.4, -0.2) is 22.4 Å². The molecular formula is C16H30ClN3. The summed E-state index contributed by atoms with van der Waals surface area (Å²) in [6.07, 6.45) is 4.12. The van der Waals surface area contributed by atoms with Gasteiger partial charge in [0.1, 0.15) is 0 Å². The SMILES string of the molecule is CCCNC(CCc1c(Cl)c(CC)nn1C)C(C)(C)C. The van der Waals surface area contributed by atoms with E-state index in [-0.39, 0.29) is 5.41 Å². The molecule has 1 aromatic heterocycles. The molecule has 0 radical (unpaired) electrons. The Morgan fingerprint density at radius 1 is 1.30 bits per heavy atom. The average Bonchev–Trinajstić information content (AvgIpc) is 2.63. The number of nitrogens with one attached hydrogen (secondary N) is 1. The van der Waals surface area contributed by atoms with Crippen molar-refractivity contribution in [2.24, 2.45) is 12.5 Å². The minimum absolute atomic E-state index is 0.258. The van der Waals surface area contributed by atoms with Crippen molar-refractivity contribution < 1.29 is 0 Å². The summed E-state index contributed by atoms with van der Waals surface area (Å²) in [6.45, 7) is 12.3. The van der Waals surface area contributed by atoms with E-state index in [1.807, 2.05) is 11.7 Å². The van der Waals surface area contributed by atoms with Crippen molar-refractivity contribution in [3.05, 3.63) is 16.4 Å². The lowest BCUT2D eigenvalue weighted by atomic mass is 9.83. The quantitative estimate of drug-likeness (QED) is 0.825. The molecule has 1 unspecified atom stereocenters. The zero-order valence-corrected chi connectivity index (χ0v) is 14.6. The third-order valence-corrected chi connectivity index (χ3v) is 4.30. The van der Waals surface area contributed by atoms with Gasteiger partial charge in [-0.2, -0.15) is 5.10 Å². The van der Waals surface area contributed by atoms with E-state index < -0.39 is 0 Å². The maximum atomic E-state index is 6.43. The second-order valence-electron chi connectivity index (χ2n) is 6.60. The number of hydrogen-bond acceptors (Lipinski definition) is 2. The summed E-state index contributed by atoms with van der Waals surface area (Å²) in [5.41, 5.74) is 2.43. The highest BCUT2D eigenvalue weighted by Gasteiger charge is 2.24. The van der Waals surface area contributed by atoms with Gasteiger partial charge in [-0.25, -0.2) is 0 Å². The highest BCUT2D eigenvalue weighted by Crippen LogP contribution is 2.26. The molecule has 1 aromatic rings. The van der Waals surface area contributed by atoms with Crippen molar-refractivity contribution >= 4 is 11.6 Å². The largest absolute Gasteiger partial charge is 0.313 e. The zero-order valence-electron chi connectivity index (χ0n) is 13.9. The number of aromatic nitrogens is 2. The molecular weight excluding hydrogens is 270 g/mol. The Kier molecular flexibility index (Phi) is 6.53. The van der Waals surface area contributed by atoms with Gasteiger partial charge in [-0.3, -0.25) is 4.68 Å². The van der Waals surface area contributed by atoms with Crippen LogP contribution < -0.4 is 5.32 Å². The highest BCUT2D eigenvalue weighted by atomic mass is 35.5. The Morgan fingerprint density at radius 3 is 2.40 bits per heavy atom. The van der Waals surface area contributed by atoms with Crippen molar-refractivity contribution in [1.29, 1.82) is 0 Å². The molecule has 0 spiro atoms. The van der Waals surface area contributed by atoms with E-state index in [4.69, 9.17) is 11.6 Å². The fraction of sp³-hybridized carbons (Fsp3) is 0.812. The van der Waals surface area contributed by atoms with Gasteiger partial charge in [0.05, 0.1) is 16.4 Å². The van der Waals surface area contributed by atoms with Crippen LogP contribution in [0, 0.1) is 5.41 Å². The van der Waals surface area contributed by atoms with E-state index in [2.05, 4.69) is 45.0 Å². The van der Waals surface area contributed by atoms with E-state index in [1.165, 1.54) is 6.42 Å². The lowest BCUT2D eigenvalue weighted by Crippen LogP contribution is -2.41. The van der Waals surface area contributed by atoms with Crippen molar-refractivity contribution in [3.63, 3.8) is 0 Å². The molecule has 0 bridgehead atoms. The molecule has 1 N–H and O–H groups in total. The molecule has 3 nitrogen and oxygen atoms in total. The first-order valence-corrected chi connectivity index (χ1v) is 8.12. The molecule has 0 saturated carbocycles. The molecule has 0 saturated heterocycles. The highest BCUT2D eigenvalue weighted by molar-refractivity contribution is 6.31. The summed E-state index contributed by atoms with van der Waals surface area (Å²) in [4.78, 5) is 0. The Labute approximate surface area is 129 Å². The van der Waals surface area contributed by atoms with Crippen LogP contribution in [0.2, 0.25) is 5.02 Å². The smallest absolute Gasteiger partial charge is 0.0849 e. The number of hydrogen-bond donors (Lipinski definition) is 1. The molecule has 1 rings (SSSR count). The lowest BCUT2D eigenvalue weighted by Gasteiger charge is -2.32. The van der Waals surface area contributed by atoms with Gasteiger partial charge in [-0.15, -0.1) is 0 Å². The predicted molar refractivity (Wildman–Crippen MR) is 87.5 cm³/mol. The lowest BCUT2D eigenvalue weighted by molar-refractivity contribution is 0.254. The van der Waals surface area contributed by atoms with E-state index in [0.29, 0.717) is 6.04 Å². The summed E-state index contributed by atoms with van der Waals surface area (Å²) < 4.78 is 1.95. The molecule has 0 amide bonds. The minimum atomic E-state index is 0.258. The van der Waals surface area contributed by atoms with Crippen LogP contribution >= 0.6 is 11.6 Å². The summed E-state index contributed by atoms with van der Waals surface area (Å²) in [7, 11) is 1.99. The summed E-state index contributed by atoms with van der Waals surface area (Å²) in [5, 5.41) is 9.02. The molecule has 0 aliphatic carbocycles. The Bertz CT molecular complexity index is 418. The minimum Gasteiger partial charge on any atom is -0.313 e. The van der Waals surface area contributed by atoms with Crippen LogP contribution in [0.15, 0.2) is 0 Å². The molecule has 1 heterocycles. The van der Waals surface area contributed by atoms with Gasteiger partial charge in [0.15, 0.2) is 0 Å². The topological polar surface area (TPSA) is 29.9 Å². The molecule has 0 aliphatic heterocycles. The van der Waals surface area contributed by atoms with Gasteiger partial charge >= 0.3 is 0 Å². The Morgan fingerprint density at radius 2 is 1.95 bits per heavy atom. The first-order valence-electron chi connectivity index (χ1n) is 7.74. The summed E-state index contributed by atoms with van der Waals surface area (Å²) in [5.74, 6) is 0.